The van der Waals surface area contributed by atoms with Gasteiger partial charge >= 0.3 is 0 Å². The van der Waals surface area contributed by atoms with Gasteiger partial charge in [0.1, 0.15) is 5.41 Å². The quantitative estimate of drug-likeness (QED) is 0.560. The number of carbonyl (C=O) groups is 1. The molecule has 0 bridgehead atoms. The molecule has 0 fully saturated rings. The van der Waals surface area contributed by atoms with Crippen molar-refractivity contribution < 1.29 is 14.3 Å². The van der Waals surface area contributed by atoms with Gasteiger partial charge in [0.25, 0.3) is 0 Å². The van der Waals surface area contributed by atoms with Crippen molar-refractivity contribution >= 4 is 15.6 Å². The van der Waals surface area contributed by atoms with E-state index >= 15 is 0 Å². The molecule has 1 aromatic rings. The number of benzene rings is 1. The molecule has 0 amide bonds. The molecular weight excluding hydrogens is 244 g/mol. The average molecular weight is 266 g/mol. The Bertz CT molecular complexity index is 416. The van der Waals surface area contributed by atoms with Crippen molar-refractivity contribution in [2.45, 2.75) is 33.1 Å². The van der Waals surface area contributed by atoms with E-state index in [1.807, 2.05) is 19.1 Å². The third kappa shape index (κ3) is 3.60. The van der Waals surface area contributed by atoms with Gasteiger partial charge in [0.15, 0.2) is 11.5 Å². The van der Waals surface area contributed by atoms with E-state index in [9.17, 15) is 4.79 Å². The van der Waals surface area contributed by atoms with Gasteiger partial charge in [-0.2, -0.15) is 0 Å². The fourth-order valence-electron chi connectivity index (χ4n) is 1.95. The van der Waals surface area contributed by atoms with E-state index in [1.54, 1.807) is 7.11 Å². The van der Waals surface area contributed by atoms with E-state index in [0.717, 1.165) is 23.3 Å². The van der Waals surface area contributed by atoms with Crippen molar-refractivity contribution in [1.29, 1.82) is 0 Å². The minimum absolute atomic E-state index is 0.184. The number of hydrogen-bond donors (Lipinski definition) is 0. The first-order valence-electron chi connectivity index (χ1n) is 6.43. The van der Waals surface area contributed by atoms with Crippen LogP contribution in [-0.2, 0) is 0 Å². The molecule has 0 spiro atoms. The standard InChI is InChI=1S/C14H22O3Si/c1-4-5-6-9-17-12-8-7-11(14(15)18)10(2)13(12)16-3/h7-8H,4-6,9H2,1-3,18H3. The van der Waals surface area contributed by atoms with Crippen molar-refractivity contribution in [2.75, 3.05) is 13.7 Å². The van der Waals surface area contributed by atoms with Crippen LogP contribution >= 0.6 is 0 Å². The fourth-order valence-corrected chi connectivity index (χ4v) is 2.49. The SMILES string of the molecule is CCCCCOc1ccc(C(=O)[SiH3])c(C)c1OC. The smallest absolute Gasteiger partial charge is 0.164 e. The monoisotopic (exact) mass is 266 g/mol. The maximum absolute atomic E-state index is 11.5. The zero-order chi connectivity index (χ0) is 13.5. The summed E-state index contributed by atoms with van der Waals surface area (Å²) in [5.74, 6) is 1.42. The van der Waals surface area contributed by atoms with Gasteiger partial charge in [-0.1, -0.05) is 19.8 Å². The Kier molecular flexibility index (Phi) is 5.91. The fraction of sp³-hybridized carbons (Fsp3) is 0.500. The summed E-state index contributed by atoms with van der Waals surface area (Å²) in [5, 5.41) is 0.184. The van der Waals surface area contributed by atoms with E-state index in [0.29, 0.717) is 22.6 Å². The predicted molar refractivity (Wildman–Crippen MR) is 77.0 cm³/mol. The maximum atomic E-state index is 11.5. The van der Waals surface area contributed by atoms with Gasteiger partial charge in [-0.3, -0.25) is 0 Å². The summed E-state index contributed by atoms with van der Waals surface area (Å²) in [7, 11) is 2.14. The van der Waals surface area contributed by atoms with Gasteiger partial charge in [-0.05, 0) is 25.5 Å². The van der Waals surface area contributed by atoms with Crippen molar-refractivity contribution in [2.24, 2.45) is 0 Å². The second-order valence-corrected chi connectivity index (χ2v) is 5.29. The van der Waals surface area contributed by atoms with Gasteiger partial charge in [0.2, 0.25) is 0 Å². The molecule has 0 unspecified atom stereocenters. The molecule has 0 aliphatic rings. The summed E-state index contributed by atoms with van der Waals surface area (Å²) in [6, 6.07) is 3.67. The van der Waals surface area contributed by atoms with E-state index in [4.69, 9.17) is 9.47 Å². The van der Waals surface area contributed by atoms with Gasteiger partial charge in [0.05, 0.1) is 24.0 Å². The van der Waals surface area contributed by atoms with Crippen LogP contribution in [0.15, 0.2) is 12.1 Å². The number of methoxy groups -OCH3 is 1. The number of ether oxygens (including phenoxy) is 2. The molecule has 3 nitrogen and oxygen atoms in total. The summed E-state index contributed by atoms with van der Waals surface area (Å²) >= 11 is 0. The molecule has 0 N–H and O–H groups in total. The van der Waals surface area contributed by atoms with Crippen molar-refractivity contribution in [3.63, 3.8) is 0 Å². The van der Waals surface area contributed by atoms with Gasteiger partial charge < -0.3 is 14.3 Å². The normalized spacial score (nSPS) is 10.4. The Balaban J connectivity index is 2.86. The lowest BCUT2D eigenvalue weighted by Crippen LogP contribution is -2.05. The lowest BCUT2D eigenvalue weighted by atomic mass is 10.1. The first-order chi connectivity index (χ1) is 8.61. The van der Waals surface area contributed by atoms with Crippen molar-refractivity contribution in [3.05, 3.63) is 23.3 Å². The first-order valence-corrected chi connectivity index (χ1v) is 7.43. The number of rotatable bonds is 7. The molecule has 100 valence electrons. The summed E-state index contributed by atoms with van der Waals surface area (Å²) in [6.07, 6.45) is 3.38. The third-order valence-electron chi connectivity index (χ3n) is 2.96. The van der Waals surface area contributed by atoms with Crippen LogP contribution < -0.4 is 9.47 Å². The summed E-state index contributed by atoms with van der Waals surface area (Å²) in [6.45, 7) is 4.76. The highest BCUT2D eigenvalue weighted by Crippen LogP contribution is 2.33. The average Bonchev–Trinajstić information content (AvgIpc) is 2.34. The van der Waals surface area contributed by atoms with Crippen LogP contribution in [0.2, 0.25) is 0 Å². The maximum Gasteiger partial charge on any atom is 0.164 e. The Labute approximate surface area is 112 Å². The second-order valence-electron chi connectivity index (χ2n) is 4.38. The topological polar surface area (TPSA) is 35.5 Å². The predicted octanol–water partition coefficient (Wildman–Crippen LogP) is 2.08. The van der Waals surface area contributed by atoms with E-state index in [1.165, 1.54) is 12.8 Å². The number of hydrogen-bond acceptors (Lipinski definition) is 3. The molecule has 1 aromatic carbocycles. The molecule has 0 radical (unpaired) electrons. The lowest BCUT2D eigenvalue weighted by Gasteiger charge is -2.14. The van der Waals surface area contributed by atoms with Crippen LogP contribution in [0.3, 0.4) is 0 Å². The molecular formula is C14H22O3Si. The van der Waals surface area contributed by atoms with Crippen LogP contribution in [0.4, 0.5) is 0 Å². The number of carbonyl (C=O) groups excluding carboxylic acids is 1. The molecule has 0 saturated heterocycles. The summed E-state index contributed by atoms with van der Waals surface area (Å²) in [5.41, 5.74) is 1.63. The Morgan fingerprint density at radius 2 is 2.06 bits per heavy atom. The molecule has 0 saturated carbocycles. The lowest BCUT2D eigenvalue weighted by molar-refractivity contribution is 0.107. The second kappa shape index (κ2) is 7.21. The summed E-state index contributed by atoms with van der Waals surface area (Å²) in [4.78, 5) is 11.5. The molecule has 0 aliphatic carbocycles. The summed E-state index contributed by atoms with van der Waals surface area (Å²) < 4.78 is 11.1. The zero-order valence-corrected chi connectivity index (χ0v) is 13.7. The van der Waals surface area contributed by atoms with Crippen molar-refractivity contribution in [3.8, 4) is 11.5 Å². The Morgan fingerprint density at radius 1 is 1.33 bits per heavy atom. The van der Waals surface area contributed by atoms with E-state index < -0.39 is 0 Å². The van der Waals surface area contributed by atoms with Gasteiger partial charge in [-0.15, -0.1) is 0 Å². The Hall–Kier alpha value is -1.29. The molecule has 0 aliphatic heterocycles. The van der Waals surface area contributed by atoms with Crippen molar-refractivity contribution in [1.82, 2.24) is 0 Å². The molecule has 18 heavy (non-hydrogen) atoms. The van der Waals surface area contributed by atoms with Gasteiger partial charge in [0, 0.05) is 11.1 Å². The van der Waals surface area contributed by atoms with Crippen LogP contribution in [0, 0.1) is 6.92 Å². The highest BCUT2D eigenvalue weighted by Gasteiger charge is 2.13. The third-order valence-corrected chi connectivity index (χ3v) is 3.50. The Morgan fingerprint density at radius 3 is 2.61 bits per heavy atom. The number of unbranched alkanes of at least 4 members (excludes halogenated alkanes) is 2. The molecule has 1 rings (SSSR count). The zero-order valence-electron chi connectivity index (χ0n) is 11.7. The van der Waals surface area contributed by atoms with Crippen LogP contribution in [0.1, 0.15) is 42.1 Å². The van der Waals surface area contributed by atoms with E-state index in [-0.39, 0.29) is 5.41 Å². The first kappa shape index (κ1) is 14.8. The minimum Gasteiger partial charge on any atom is -0.493 e. The highest BCUT2D eigenvalue weighted by atomic mass is 28.1. The van der Waals surface area contributed by atoms with Crippen LogP contribution in [0.25, 0.3) is 0 Å². The molecule has 0 aromatic heterocycles. The van der Waals surface area contributed by atoms with Crippen LogP contribution in [0.5, 0.6) is 11.5 Å². The highest BCUT2D eigenvalue weighted by molar-refractivity contribution is 6.62. The van der Waals surface area contributed by atoms with Gasteiger partial charge in [-0.25, -0.2) is 0 Å². The minimum atomic E-state index is 0.184. The van der Waals surface area contributed by atoms with Crippen LogP contribution in [-0.4, -0.2) is 29.4 Å². The molecule has 4 heteroatoms. The molecule has 0 atom stereocenters. The molecule has 0 heterocycles. The van der Waals surface area contributed by atoms with E-state index in [2.05, 4.69) is 6.92 Å². The largest absolute Gasteiger partial charge is 0.493 e.